The second kappa shape index (κ2) is 2.65. The van der Waals surface area contributed by atoms with Gasteiger partial charge < -0.3 is 5.32 Å². The number of amidine groups is 1. The molecule has 1 N–H and O–H groups in total. The lowest BCUT2D eigenvalue weighted by Gasteiger charge is -1.97. The van der Waals surface area contributed by atoms with E-state index in [2.05, 4.69) is 26.5 Å². The number of nitrogens with zero attached hydrogens (tertiary/aromatic N) is 3. The first-order chi connectivity index (χ1) is 5.47. The first-order valence-electron chi connectivity index (χ1n) is 3.43. The van der Waals surface area contributed by atoms with Gasteiger partial charge in [-0.2, -0.15) is 0 Å². The van der Waals surface area contributed by atoms with Crippen molar-refractivity contribution in [1.82, 2.24) is 15.3 Å². The Kier molecular flexibility index (Phi) is 1.51. The van der Waals surface area contributed by atoms with Crippen molar-refractivity contribution in [3.8, 4) is 0 Å². The second-order valence-corrected chi connectivity index (χ2v) is 2.19. The molecule has 2 heterocycles. The van der Waals surface area contributed by atoms with Gasteiger partial charge in [-0.3, -0.25) is 9.98 Å². The Morgan fingerprint density at radius 3 is 3.18 bits per heavy atom. The molecular weight excluding hydrogens is 140 g/mol. The van der Waals surface area contributed by atoms with E-state index in [0.717, 1.165) is 24.6 Å². The summed E-state index contributed by atoms with van der Waals surface area (Å²) < 4.78 is 0. The lowest BCUT2D eigenvalue weighted by atomic mass is 10.4. The van der Waals surface area contributed by atoms with E-state index in [1.807, 2.05) is 0 Å². The van der Waals surface area contributed by atoms with Crippen LogP contribution in [-0.2, 0) is 0 Å². The summed E-state index contributed by atoms with van der Waals surface area (Å²) in [6.45, 7) is 1.73. The highest BCUT2D eigenvalue weighted by molar-refractivity contribution is 5.97. The third-order valence-electron chi connectivity index (χ3n) is 1.44. The van der Waals surface area contributed by atoms with Crippen molar-refractivity contribution < 1.29 is 0 Å². The molecule has 2 rings (SSSR count). The van der Waals surface area contributed by atoms with Crippen molar-refractivity contribution in [2.24, 2.45) is 4.99 Å². The predicted molar refractivity (Wildman–Crippen MR) is 40.3 cm³/mol. The quantitative estimate of drug-likeness (QED) is 0.589. The summed E-state index contributed by atoms with van der Waals surface area (Å²) in [5, 5.41) is 3.11. The van der Waals surface area contributed by atoms with Crippen LogP contribution in [0.2, 0.25) is 0 Å². The Bertz CT molecular complexity index is 267. The zero-order chi connectivity index (χ0) is 7.52. The van der Waals surface area contributed by atoms with E-state index < -0.39 is 0 Å². The zero-order valence-corrected chi connectivity index (χ0v) is 5.91. The van der Waals surface area contributed by atoms with Gasteiger partial charge in [-0.1, -0.05) is 0 Å². The molecule has 0 atom stereocenters. The molecule has 0 saturated carbocycles. The van der Waals surface area contributed by atoms with Gasteiger partial charge in [-0.15, -0.1) is 0 Å². The van der Waals surface area contributed by atoms with Gasteiger partial charge in [-0.25, -0.2) is 4.98 Å². The summed E-state index contributed by atoms with van der Waals surface area (Å²) >= 11 is 0. The van der Waals surface area contributed by atoms with Crippen molar-refractivity contribution in [2.75, 3.05) is 13.1 Å². The van der Waals surface area contributed by atoms with Crippen LogP contribution in [0, 0.1) is 6.20 Å². The van der Waals surface area contributed by atoms with Gasteiger partial charge in [0, 0.05) is 6.54 Å². The molecule has 4 nitrogen and oxygen atoms in total. The van der Waals surface area contributed by atoms with Gasteiger partial charge in [0.05, 0.1) is 18.9 Å². The third-order valence-corrected chi connectivity index (χ3v) is 1.44. The fourth-order valence-corrected chi connectivity index (χ4v) is 0.955. The standard InChI is InChI=1S/C7H7N4/c1-2-9-6(5-8-1)7-10-3-4-11-7/h2,5H,3-4H2,(H,10,11). The molecule has 1 aromatic heterocycles. The van der Waals surface area contributed by atoms with Crippen LogP contribution < -0.4 is 5.32 Å². The van der Waals surface area contributed by atoms with E-state index in [1.54, 1.807) is 6.20 Å². The van der Waals surface area contributed by atoms with Crippen LogP contribution in [0.5, 0.6) is 0 Å². The highest BCUT2D eigenvalue weighted by atomic mass is 15.1. The third kappa shape index (κ3) is 1.19. The number of nitrogens with one attached hydrogen (secondary N) is 1. The number of hydrogen-bond donors (Lipinski definition) is 1. The molecule has 0 amide bonds. The number of rotatable bonds is 1. The highest BCUT2D eigenvalue weighted by Crippen LogP contribution is 1.95. The fourth-order valence-electron chi connectivity index (χ4n) is 0.955. The molecule has 55 valence electrons. The van der Waals surface area contributed by atoms with Crippen molar-refractivity contribution in [2.45, 2.75) is 0 Å². The maximum Gasteiger partial charge on any atom is 0.149 e. The van der Waals surface area contributed by atoms with E-state index >= 15 is 0 Å². The molecular formula is C7H7N4. The lowest BCUT2D eigenvalue weighted by Crippen LogP contribution is -2.20. The molecule has 0 unspecified atom stereocenters. The first kappa shape index (κ1) is 6.27. The van der Waals surface area contributed by atoms with Crippen molar-refractivity contribution >= 4 is 5.84 Å². The summed E-state index contributed by atoms with van der Waals surface area (Å²) in [6.07, 6.45) is 5.80. The number of hydrogen-bond acceptors (Lipinski definition) is 4. The minimum Gasteiger partial charge on any atom is -0.367 e. The maximum absolute atomic E-state index is 4.20. The van der Waals surface area contributed by atoms with Crippen LogP contribution >= 0.6 is 0 Å². The van der Waals surface area contributed by atoms with Crippen LogP contribution in [-0.4, -0.2) is 28.9 Å². The van der Waals surface area contributed by atoms with Crippen LogP contribution in [0.15, 0.2) is 17.4 Å². The molecule has 1 aliphatic rings. The van der Waals surface area contributed by atoms with Gasteiger partial charge in [0.25, 0.3) is 0 Å². The average Bonchev–Trinajstić information content (AvgIpc) is 2.58. The number of aromatic nitrogens is 2. The predicted octanol–water partition coefficient (Wildman–Crippen LogP) is -0.373. The molecule has 0 saturated heterocycles. The molecule has 0 bridgehead atoms. The van der Waals surface area contributed by atoms with E-state index in [9.17, 15) is 0 Å². The molecule has 1 radical (unpaired) electrons. The van der Waals surface area contributed by atoms with Gasteiger partial charge >= 0.3 is 0 Å². The van der Waals surface area contributed by atoms with Crippen LogP contribution in [0.1, 0.15) is 5.69 Å². The van der Waals surface area contributed by atoms with Crippen LogP contribution in [0.4, 0.5) is 0 Å². The Labute approximate surface area is 64.4 Å². The smallest absolute Gasteiger partial charge is 0.149 e. The van der Waals surface area contributed by atoms with E-state index in [0.29, 0.717) is 0 Å². The van der Waals surface area contributed by atoms with E-state index in [1.165, 1.54) is 6.20 Å². The van der Waals surface area contributed by atoms with E-state index in [-0.39, 0.29) is 0 Å². The van der Waals surface area contributed by atoms with Gasteiger partial charge in [0.2, 0.25) is 0 Å². The van der Waals surface area contributed by atoms with Crippen molar-refractivity contribution in [3.05, 3.63) is 24.3 Å². The van der Waals surface area contributed by atoms with Gasteiger partial charge in [-0.05, 0) is 0 Å². The molecule has 1 aliphatic heterocycles. The van der Waals surface area contributed by atoms with Gasteiger partial charge in [0.1, 0.15) is 17.7 Å². The zero-order valence-electron chi connectivity index (χ0n) is 5.91. The minimum absolute atomic E-state index is 0.793. The van der Waals surface area contributed by atoms with E-state index in [4.69, 9.17) is 0 Å². The Hall–Kier alpha value is -1.45. The summed E-state index contributed by atoms with van der Waals surface area (Å²) in [7, 11) is 0. The van der Waals surface area contributed by atoms with Gasteiger partial charge in [0.15, 0.2) is 0 Å². The number of aliphatic imine (C=N–C) groups is 1. The van der Waals surface area contributed by atoms with Crippen molar-refractivity contribution in [1.29, 1.82) is 0 Å². The first-order valence-corrected chi connectivity index (χ1v) is 3.43. The lowest BCUT2D eigenvalue weighted by molar-refractivity contribution is 0.957. The Morgan fingerprint density at radius 1 is 1.55 bits per heavy atom. The SMILES string of the molecule is [c]1cnc(C2=NCCN2)cn1. The van der Waals surface area contributed by atoms with Crippen LogP contribution in [0.3, 0.4) is 0 Å². The normalized spacial score (nSPS) is 15.8. The monoisotopic (exact) mass is 147 g/mol. The molecule has 0 aromatic carbocycles. The topological polar surface area (TPSA) is 50.2 Å². The van der Waals surface area contributed by atoms with Crippen molar-refractivity contribution in [3.63, 3.8) is 0 Å². The van der Waals surface area contributed by atoms with Crippen LogP contribution in [0.25, 0.3) is 0 Å². The molecule has 0 aliphatic carbocycles. The Balaban J connectivity index is 2.29. The summed E-state index contributed by atoms with van der Waals surface area (Å²) in [4.78, 5) is 12.1. The maximum atomic E-state index is 4.20. The molecule has 4 heteroatoms. The average molecular weight is 147 g/mol. The molecule has 11 heavy (non-hydrogen) atoms. The minimum atomic E-state index is 0.793. The summed E-state index contributed by atoms with van der Waals surface area (Å²) in [5.41, 5.74) is 0.793. The summed E-state index contributed by atoms with van der Waals surface area (Å²) in [5.74, 6) is 0.839. The highest BCUT2D eigenvalue weighted by Gasteiger charge is 2.07. The molecule has 1 aromatic rings. The Morgan fingerprint density at radius 2 is 2.55 bits per heavy atom. The fraction of sp³-hybridized carbons (Fsp3) is 0.286. The summed E-state index contributed by atoms with van der Waals surface area (Å²) in [6, 6.07) is 0. The largest absolute Gasteiger partial charge is 0.367 e. The molecule has 0 spiro atoms. The molecule has 0 fully saturated rings. The second-order valence-electron chi connectivity index (χ2n) is 2.19.